The van der Waals surface area contributed by atoms with E-state index in [1.165, 1.54) is 0 Å². The fourth-order valence-corrected chi connectivity index (χ4v) is 2.60. The Morgan fingerprint density at radius 1 is 1.27 bits per heavy atom. The molecule has 0 unspecified atom stereocenters. The number of amides is 2. The van der Waals surface area contributed by atoms with Crippen LogP contribution in [0.15, 0.2) is 24.3 Å². The minimum absolute atomic E-state index is 0.00293. The predicted molar refractivity (Wildman–Crippen MR) is 86.6 cm³/mol. The number of carbonyl (C=O) groups is 2. The van der Waals surface area contributed by atoms with E-state index in [0.717, 1.165) is 18.5 Å². The summed E-state index contributed by atoms with van der Waals surface area (Å²) in [6, 6.07) is 7.49. The molecule has 0 radical (unpaired) electrons. The largest absolute Gasteiger partial charge is 0.335 e. The van der Waals surface area contributed by atoms with Crippen molar-refractivity contribution in [3.63, 3.8) is 0 Å². The van der Waals surface area contributed by atoms with Crippen molar-refractivity contribution >= 4 is 23.4 Å². The summed E-state index contributed by atoms with van der Waals surface area (Å²) >= 11 is 5.86. The molecule has 1 aliphatic heterocycles. The summed E-state index contributed by atoms with van der Waals surface area (Å²) in [4.78, 5) is 27.7. The lowest BCUT2D eigenvalue weighted by atomic mass is 10.2. The molecule has 0 saturated carbocycles. The lowest BCUT2D eigenvalue weighted by Crippen LogP contribution is -2.51. The average molecular weight is 324 g/mol. The summed E-state index contributed by atoms with van der Waals surface area (Å²) in [6.07, 6.45) is 1.29. The van der Waals surface area contributed by atoms with Crippen molar-refractivity contribution in [3.05, 3.63) is 34.9 Å². The van der Waals surface area contributed by atoms with Crippen molar-refractivity contribution in [1.82, 2.24) is 15.1 Å². The molecule has 1 aliphatic rings. The Morgan fingerprint density at radius 2 is 2.00 bits per heavy atom. The molecule has 5 nitrogen and oxygen atoms in total. The number of nitrogens with zero attached hydrogens (tertiary/aromatic N) is 2. The maximum atomic E-state index is 12.2. The molecule has 1 fully saturated rings. The fourth-order valence-electron chi connectivity index (χ4n) is 2.47. The molecule has 22 heavy (non-hydrogen) atoms. The van der Waals surface area contributed by atoms with E-state index in [1.807, 2.05) is 31.3 Å². The normalized spacial score (nSPS) is 15.3. The molecule has 1 saturated heterocycles. The van der Waals surface area contributed by atoms with E-state index in [-0.39, 0.29) is 18.4 Å². The van der Waals surface area contributed by atoms with Crippen molar-refractivity contribution in [2.75, 3.05) is 33.2 Å². The Bertz CT molecular complexity index is 519. The first kappa shape index (κ1) is 16.8. The highest BCUT2D eigenvalue weighted by Gasteiger charge is 2.26. The van der Waals surface area contributed by atoms with Crippen molar-refractivity contribution in [3.8, 4) is 0 Å². The van der Waals surface area contributed by atoms with E-state index in [1.54, 1.807) is 9.80 Å². The zero-order chi connectivity index (χ0) is 15.9. The van der Waals surface area contributed by atoms with Crippen LogP contribution in [0.4, 0.5) is 0 Å². The van der Waals surface area contributed by atoms with E-state index in [4.69, 9.17) is 11.6 Å². The average Bonchev–Trinajstić information content (AvgIpc) is 2.51. The highest BCUT2D eigenvalue weighted by Crippen LogP contribution is 2.14. The molecule has 0 spiro atoms. The first-order chi connectivity index (χ1) is 10.6. The van der Waals surface area contributed by atoms with Crippen LogP contribution in [0.2, 0.25) is 5.02 Å². The molecule has 0 aliphatic carbocycles. The van der Waals surface area contributed by atoms with Crippen molar-refractivity contribution in [1.29, 1.82) is 0 Å². The topological polar surface area (TPSA) is 52.7 Å². The second-order valence-electron chi connectivity index (χ2n) is 5.46. The third kappa shape index (κ3) is 4.71. The van der Waals surface area contributed by atoms with Crippen molar-refractivity contribution in [2.24, 2.45) is 0 Å². The maximum absolute atomic E-state index is 12.2. The molecule has 2 amide bonds. The number of rotatable bonds is 6. The van der Waals surface area contributed by atoms with E-state index < -0.39 is 0 Å². The zero-order valence-electron chi connectivity index (χ0n) is 12.8. The quantitative estimate of drug-likeness (QED) is 0.807. The monoisotopic (exact) mass is 323 g/mol. The van der Waals surface area contributed by atoms with Gasteiger partial charge in [-0.3, -0.25) is 9.59 Å². The summed E-state index contributed by atoms with van der Waals surface area (Å²) in [5.41, 5.74) is 1.05. The smallest absolute Gasteiger partial charge is 0.242 e. The Kier molecular flexibility index (Phi) is 6.21. The molecule has 1 heterocycles. The van der Waals surface area contributed by atoms with Crippen LogP contribution in [0, 0.1) is 0 Å². The molecular formula is C16H22ClN3O2. The second kappa shape index (κ2) is 8.15. The van der Waals surface area contributed by atoms with Gasteiger partial charge in [0.2, 0.25) is 11.8 Å². The van der Waals surface area contributed by atoms with Gasteiger partial charge in [0.25, 0.3) is 0 Å². The highest BCUT2D eigenvalue weighted by atomic mass is 35.5. The number of hydrogen-bond donors (Lipinski definition) is 1. The molecule has 0 atom stereocenters. The van der Waals surface area contributed by atoms with Crippen LogP contribution in [-0.2, 0) is 16.1 Å². The summed E-state index contributed by atoms with van der Waals surface area (Å²) in [7, 11) is 1.86. The number of carbonyl (C=O) groups excluding carboxylic acids is 2. The van der Waals surface area contributed by atoms with Crippen LogP contribution in [0.5, 0.6) is 0 Å². The third-order valence-electron chi connectivity index (χ3n) is 3.78. The van der Waals surface area contributed by atoms with Crippen LogP contribution < -0.4 is 5.32 Å². The van der Waals surface area contributed by atoms with Gasteiger partial charge in [0, 0.05) is 31.1 Å². The molecule has 2 rings (SSSR count). The summed E-state index contributed by atoms with van der Waals surface area (Å²) in [5, 5.41) is 3.70. The highest BCUT2D eigenvalue weighted by molar-refractivity contribution is 6.30. The number of hydrogen-bond acceptors (Lipinski definition) is 3. The molecular weight excluding hydrogens is 302 g/mol. The van der Waals surface area contributed by atoms with Gasteiger partial charge in [-0.05, 0) is 37.7 Å². The predicted octanol–water partition coefficient (Wildman–Crippen LogP) is 1.51. The van der Waals surface area contributed by atoms with Gasteiger partial charge in [-0.2, -0.15) is 0 Å². The van der Waals surface area contributed by atoms with Crippen LogP contribution in [0.3, 0.4) is 0 Å². The lowest BCUT2D eigenvalue weighted by Gasteiger charge is -2.34. The summed E-state index contributed by atoms with van der Waals surface area (Å²) in [6.45, 7) is 2.76. The second-order valence-corrected chi connectivity index (χ2v) is 5.90. The van der Waals surface area contributed by atoms with Gasteiger partial charge >= 0.3 is 0 Å². The Hall–Kier alpha value is -1.59. The van der Waals surface area contributed by atoms with Gasteiger partial charge in [0.15, 0.2) is 0 Å². The lowest BCUT2D eigenvalue weighted by molar-refractivity contribution is -0.145. The molecule has 0 aromatic heterocycles. The van der Waals surface area contributed by atoms with Gasteiger partial charge in [0.05, 0.1) is 6.54 Å². The van der Waals surface area contributed by atoms with Crippen LogP contribution in [-0.4, -0.2) is 54.8 Å². The maximum Gasteiger partial charge on any atom is 0.242 e. The molecule has 1 aromatic rings. The molecule has 1 aromatic carbocycles. The van der Waals surface area contributed by atoms with Crippen molar-refractivity contribution < 1.29 is 9.59 Å². The van der Waals surface area contributed by atoms with Gasteiger partial charge in [0.1, 0.15) is 0 Å². The van der Waals surface area contributed by atoms with E-state index in [0.29, 0.717) is 31.1 Å². The minimum Gasteiger partial charge on any atom is -0.335 e. The van der Waals surface area contributed by atoms with Gasteiger partial charge in [-0.15, -0.1) is 0 Å². The zero-order valence-corrected chi connectivity index (χ0v) is 13.6. The van der Waals surface area contributed by atoms with Crippen LogP contribution >= 0.6 is 11.6 Å². The SMILES string of the molecule is CNCCCC(=O)N1CCN(Cc2ccc(Cl)cc2)C(=O)C1. The number of nitrogens with one attached hydrogen (secondary N) is 1. The van der Waals surface area contributed by atoms with E-state index in [2.05, 4.69) is 5.32 Å². The molecule has 1 N–H and O–H groups in total. The first-order valence-electron chi connectivity index (χ1n) is 7.54. The van der Waals surface area contributed by atoms with Gasteiger partial charge in [-0.25, -0.2) is 0 Å². The number of piperazine rings is 1. The summed E-state index contributed by atoms with van der Waals surface area (Å²) in [5.74, 6) is 0.0675. The summed E-state index contributed by atoms with van der Waals surface area (Å²) < 4.78 is 0. The molecule has 120 valence electrons. The number of halogens is 1. The minimum atomic E-state index is 0.00293. The Balaban J connectivity index is 1.83. The Labute approximate surface area is 136 Å². The fraction of sp³-hybridized carbons (Fsp3) is 0.500. The van der Waals surface area contributed by atoms with Gasteiger partial charge in [-0.1, -0.05) is 23.7 Å². The Morgan fingerprint density at radius 3 is 2.64 bits per heavy atom. The van der Waals surface area contributed by atoms with Crippen molar-refractivity contribution in [2.45, 2.75) is 19.4 Å². The van der Waals surface area contributed by atoms with E-state index in [9.17, 15) is 9.59 Å². The van der Waals surface area contributed by atoms with E-state index >= 15 is 0 Å². The van der Waals surface area contributed by atoms with Gasteiger partial charge < -0.3 is 15.1 Å². The number of benzene rings is 1. The van der Waals surface area contributed by atoms with Crippen LogP contribution in [0.25, 0.3) is 0 Å². The molecule has 0 bridgehead atoms. The molecule has 6 heteroatoms. The first-order valence-corrected chi connectivity index (χ1v) is 7.92. The third-order valence-corrected chi connectivity index (χ3v) is 4.03. The standard InChI is InChI=1S/C16H22ClN3O2/c1-18-8-2-3-15(21)20-10-9-19(16(22)12-20)11-13-4-6-14(17)7-5-13/h4-7,18H,2-3,8-12H2,1H3. The van der Waals surface area contributed by atoms with Crippen LogP contribution in [0.1, 0.15) is 18.4 Å².